The number of rotatable bonds is 2. The summed E-state index contributed by atoms with van der Waals surface area (Å²) in [7, 11) is 0. The van der Waals surface area contributed by atoms with E-state index in [1.54, 1.807) is 17.4 Å². The first-order valence-electron chi connectivity index (χ1n) is 3.15. The minimum absolute atomic E-state index is 0.122. The van der Waals surface area contributed by atoms with Gasteiger partial charge in [0.25, 0.3) is 0 Å². The van der Waals surface area contributed by atoms with Gasteiger partial charge in [-0.15, -0.1) is 11.3 Å². The van der Waals surface area contributed by atoms with Gasteiger partial charge in [0.1, 0.15) is 0 Å². The second-order valence-corrected chi connectivity index (χ2v) is 3.05. The molecule has 0 aliphatic heterocycles. The van der Waals surface area contributed by atoms with E-state index in [2.05, 4.69) is 18.4 Å². The van der Waals surface area contributed by atoms with Gasteiger partial charge in [-0.1, -0.05) is 6.08 Å². The number of aliphatic hydroxyl groups is 1. The third-order valence-corrected chi connectivity index (χ3v) is 2.15. The van der Waals surface area contributed by atoms with Gasteiger partial charge in [0.15, 0.2) is 0 Å². The summed E-state index contributed by atoms with van der Waals surface area (Å²) >= 11 is 1.69. The van der Waals surface area contributed by atoms with E-state index in [-0.39, 0.29) is 6.61 Å². The van der Waals surface area contributed by atoms with E-state index >= 15 is 0 Å². The van der Waals surface area contributed by atoms with Crippen LogP contribution in [0.2, 0.25) is 0 Å². The minimum Gasteiger partial charge on any atom is -0.392 e. The zero-order chi connectivity index (χ0) is 7.40. The van der Waals surface area contributed by atoms with Crippen LogP contribution >= 0.6 is 11.3 Å². The van der Waals surface area contributed by atoms with E-state index in [9.17, 15) is 0 Å². The van der Waals surface area contributed by atoms with Crippen molar-refractivity contribution in [2.24, 2.45) is 0 Å². The molecular formula is C8H10OS. The molecule has 1 nitrogen and oxygen atoms in total. The number of aryl methyl sites for hydroxylation is 1. The molecular weight excluding hydrogens is 144 g/mol. The third kappa shape index (κ3) is 1.97. The summed E-state index contributed by atoms with van der Waals surface area (Å²) < 4.78 is 0. The minimum atomic E-state index is 0.122. The zero-order valence-electron chi connectivity index (χ0n) is 5.87. The highest BCUT2D eigenvalue weighted by Crippen LogP contribution is 2.14. The molecule has 1 aromatic heterocycles. The molecule has 1 heterocycles. The van der Waals surface area contributed by atoms with Gasteiger partial charge >= 0.3 is 0 Å². The summed E-state index contributed by atoms with van der Waals surface area (Å²) in [5.41, 5.74) is 1.28. The molecule has 0 aliphatic rings. The van der Waals surface area contributed by atoms with Crippen molar-refractivity contribution < 1.29 is 5.11 Å². The van der Waals surface area contributed by atoms with Crippen LogP contribution in [0.1, 0.15) is 10.4 Å². The Morgan fingerprint density at radius 3 is 3.00 bits per heavy atom. The molecule has 0 saturated heterocycles. The maximum atomic E-state index is 8.45. The van der Waals surface area contributed by atoms with E-state index in [0.29, 0.717) is 0 Å². The Hall–Kier alpha value is -0.600. The highest BCUT2D eigenvalue weighted by atomic mass is 32.1. The van der Waals surface area contributed by atoms with Gasteiger partial charge in [-0.05, 0) is 30.0 Å². The molecule has 2 heteroatoms. The number of hydrogen-bond acceptors (Lipinski definition) is 2. The van der Waals surface area contributed by atoms with Crippen molar-refractivity contribution in [3.8, 4) is 0 Å². The average Bonchev–Trinajstić information content (AvgIpc) is 2.31. The Morgan fingerprint density at radius 2 is 2.50 bits per heavy atom. The second-order valence-electron chi connectivity index (χ2n) is 2.11. The maximum absolute atomic E-state index is 8.45. The van der Waals surface area contributed by atoms with Gasteiger partial charge < -0.3 is 5.11 Å². The first-order valence-corrected chi connectivity index (χ1v) is 4.03. The van der Waals surface area contributed by atoms with Gasteiger partial charge in [0, 0.05) is 4.88 Å². The van der Waals surface area contributed by atoms with Crippen LogP contribution in [0.25, 0.3) is 6.08 Å². The molecule has 54 valence electrons. The average molecular weight is 154 g/mol. The van der Waals surface area contributed by atoms with Crippen LogP contribution in [0.3, 0.4) is 0 Å². The number of aliphatic hydroxyl groups excluding tert-OH is 1. The fourth-order valence-electron chi connectivity index (χ4n) is 0.710. The Kier molecular flexibility index (Phi) is 2.66. The topological polar surface area (TPSA) is 20.2 Å². The van der Waals surface area contributed by atoms with Crippen molar-refractivity contribution in [1.82, 2.24) is 0 Å². The molecule has 0 atom stereocenters. The van der Waals surface area contributed by atoms with Crippen molar-refractivity contribution in [3.63, 3.8) is 0 Å². The van der Waals surface area contributed by atoms with Crippen LogP contribution < -0.4 is 0 Å². The van der Waals surface area contributed by atoms with Gasteiger partial charge in [-0.3, -0.25) is 0 Å². The van der Waals surface area contributed by atoms with E-state index < -0.39 is 0 Å². The largest absolute Gasteiger partial charge is 0.392 e. The van der Waals surface area contributed by atoms with Crippen LogP contribution in [0.15, 0.2) is 17.5 Å². The zero-order valence-corrected chi connectivity index (χ0v) is 6.69. The van der Waals surface area contributed by atoms with E-state index in [1.165, 1.54) is 10.4 Å². The van der Waals surface area contributed by atoms with Gasteiger partial charge in [0.2, 0.25) is 0 Å². The lowest BCUT2D eigenvalue weighted by molar-refractivity contribution is 0.343. The molecule has 0 spiro atoms. The van der Waals surface area contributed by atoms with Crippen LogP contribution in [0.4, 0.5) is 0 Å². The number of hydrogen-bond donors (Lipinski definition) is 1. The van der Waals surface area contributed by atoms with Crippen molar-refractivity contribution in [2.75, 3.05) is 6.61 Å². The molecule has 0 unspecified atom stereocenters. The lowest BCUT2D eigenvalue weighted by Gasteiger charge is -1.79. The molecule has 0 bridgehead atoms. The maximum Gasteiger partial charge on any atom is 0.0615 e. The quantitative estimate of drug-likeness (QED) is 0.691. The van der Waals surface area contributed by atoms with Crippen molar-refractivity contribution in [1.29, 1.82) is 0 Å². The second kappa shape index (κ2) is 3.54. The lowest BCUT2D eigenvalue weighted by atomic mass is 10.3. The normalized spacial score (nSPS) is 11.0. The molecule has 0 amide bonds. The smallest absolute Gasteiger partial charge is 0.0615 e. The summed E-state index contributed by atoms with van der Waals surface area (Å²) in [6.07, 6.45) is 3.67. The predicted molar refractivity (Wildman–Crippen MR) is 45.2 cm³/mol. The van der Waals surface area contributed by atoms with Gasteiger partial charge in [0.05, 0.1) is 6.61 Å². The first kappa shape index (κ1) is 7.51. The molecule has 0 saturated carbocycles. The first-order chi connectivity index (χ1) is 4.83. The molecule has 10 heavy (non-hydrogen) atoms. The molecule has 0 aliphatic carbocycles. The van der Waals surface area contributed by atoms with Crippen molar-refractivity contribution >= 4 is 17.4 Å². The highest BCUT2D eigenvalue weighted by molar-refractivity contribution is 7.11. The third-order valence-electron chi connectivity index (χ3n) is 1.14. The van der Waals surface area contributed by atoms with Crippen LogP contribution in [0, 0.1) is 6.92 Å². The Morgan fingerprint density at radius 1 is 1.70 bits per heavy atom. The van der Waals surface area contributed by atoms with Crippen LogP contribution in [-0.2, 0) is 0 Å². The lowest BCUT2D eigenvalue weighted by Crippen LogP contribution is -1.68. The van der Waals surface area contributed by atoms with Gasteiger partial charge in [-0.2, -0.15) is 0 Å². The van der Waals surface area contributed by atoms with Crippen LogP contribution in [0.5, 0.6) is 0 Å². The molecule has 1 N–H and O–H groups in total. The van der Waals surface area contributed by atoms with Gasteiger partial charge in [-0.25, -0.2) is 0 Å². The van der Waals surface area contributed by atoms with E-state index in [4.69, 9.17) is 5.11 Å². The van der Waals surface area contributed by atoms with E-state index in [1.807, 2.05) is 6.08 Å². The Balaban J connectivity index is 2.67. The summed E-state index contributed by atoms with van der Waals surface area (Å²) in [4.78, 5) is 1.20. The summed E-state index contributed by atoms with van der Waals surface area (Å²) in [5, 5.41) is 10.5. The molecule has 0 radical (unpaired) electrons. The van der Waals surface area contributed by atoms with Crippen molar-refractivity contribution in [3.05, 3.63) is 28.0 Å². The van der Waals surface area contributed by atoms with Crippen LogP contribution in [-0.4, -0.2) is 11.7 Å². The summed E-state index contributed by atoms with van der Waals surface area (Å²) in [6.45, 7) is 2.18. The summed E-state index contributed by atoms with van der Waals surface area (Å²) in [5.74, 6) is 0. The predicted octanol–water partition coefficient (Wildman–Crippen LogP) is 2.06. The highest BCUT2D eigenvalue weighted by Gasteiger charge is 1.88. The SMILES string of the molecule is Cc1csc(/C=C/CO)c1. The Labute approximate surface area is 64.6 Å². The van der Waals surface area contributed by atoms with Crippen molar-refractivity contribution in [2.45, 2.75) is 6.92 Å². The molecule has 0 aromatic carbocycles. The fourth-order valence-corrected chi connectivity index (χ4v) is 1.53. The summed E-state index contributed by atoms with van der Waals surface area (Å²) in [6, 6.07) is 2.09. The fraction of sp³-hybridized carbons (Fsp3) is 0.250. The molecule has 1 aromatic rings. The monoisotopic (exact) mass is 154 g/mol. The van der Waals surface area contributed by atoms with E-state index in [0.717, 1.165) is 0 Å². The molecule has 1 rings (SSSR count). The Bertz CT molecular complexity index is 225. The number of thiophene rings is 1. The standard InChI is InChI=1S/C8H10OS/c1-7-5-8(10-6-7)3-2-4-9/h2-3,5-6,9H,4H2,1H3/b3-2+. The molecule has 0 fully saturated rings.